The van der Waals surface area contributed by atoms with Crippen LogP contribution in [-0.2, 0) is 20.1 Å². The molecule has 3 aromatic rings. The Balaban J connectivity index is 1.88. The van der Waals surface area contributed by atoms with Gasteiger partial charge in [-0.1, -0.05) is 18.2 Å². The van der Waals surface area contributed by atoms with E-state index in [9.17, 15) is 0 Å². The van der Waals surface area contributed by atoms with E-state index < -0.39 is 0 Å². The normalized spacial score (nSPS) is 11.1. The van der Waals surface area contributed by atoms with Gasteiger partial charge in [-0.2, -0.15) is 10.2 Å². The molecule has 0 fully saturated rings. The number of nitrogens with zero attached hydrogens (tertiary/aromatic N) is 4. The molecule has 5 nitrogen and oxygen atoms in total. The minimum absolute atomic E-state index is 0.708. The lowest BCUT2D eigenvalue weighted by Crippen LogP contribution is -2.02. The van der Waals surface area contributed by atoms with Gasteiger partial charge < -0.3 is 5.32 Å². The Kier molecular flexibility index (Phi) is 2.95. The fourth-order valence-electron chi connectivity index (χ4n) is 2.27. The van der Waals surface area contributed by atoms with Crippen molar-refractivity contribution < 1.29 is 0 Å². The van der Waals surface area contributed by atoms with Crippen LogP contribution in [-0.4, -0.2) is 19.6 Å². The average Bonchev–Trinajstić information content (AvgIpc) is 3.00. The fraction of sp³-hybridized carbons (Fsp3) is 0.286. The van der Waals surface area contributed by atoms with Crippen LogP contribution in [0.15, 0.2) is 36.7 Å². The molecule has 1 N–H and O–H groups in total. The van der Waals surface area contributed by atoms with Crippen LogP contribution in [0.25, 0.3) is 10.9 Å². The highest BCUT2D eigenvalue weighted by molar-refractivity contribution is 5.82. The van der Waals surface area contributed by atoms with Crippen LogP contribution < -0.4 is 5.32 Å². The van der Waals surface area contributed by atoms with Crippen LogP contribution in [0.5, 0.6) is 0 Å². The first kappa shape index (κ1) is 11.8. The molecule has 1 aromatic carbocycles. The second-order valence-electron chi connectivity index (χ2n) is 4.54. The first-order valence-electron chi connectivity index (χ1n) is 6.45. The van der Waals surface area contributed by atoms with Gasteiger partial charge in [-0.25, -0.2) is 0 Å². The molecule has 98 valence electrons. The minimum Gasteiger partial charge on any atom is -0.377 e. The maximum Gasteiger partial charge on any atom is 0.0894 e. The molecule has 0 spiro atoms. The van der Waals surface area contributed by atoms with E-state index >= 15 is 0 Å². The van der Waals surface area contributed by atoms with E-state index in [1.807, 2.05) is 24.1 Å². The highest BCUT2D eigenvalue weighted by Crippen LogP contribution is 2.19. The number of benzene rings is 1. The summed E-state index contributed by atoms with van der Waals surface area (Å²) < 4.78 is 3.82. The van der Waals surface area contributed by atoms with E-state index in [4.69, 9.17) is 0 Å². The van der Waals surface area contributed by atoms with Gasteiger partial charge in [0.25, 0.3) is 0 Å². The van der Waals surface area contributed by atoms with Gasteiger partial charge in [0, 0.05) is 25.2 Å². The molecule has 0 bridgehead atoms. The Bertz CT molecular complexity index is 695. The van der Waals surface area contributed by atoms with Crippen molar-refractivity contribution in [3.8, 4) is 0 Å². The molecular weight excluding hydrogens is 238 g/mol. The second kappa shape index (κ2) is 4.76. The average molecular weight is 255 g/mol. The van der Waals surface area contributed by atoms with Crippen LogP contribution in [0.2, 0.25) is 0 Å². The largest absolute Gasteiger partial charge is 0.377 e. The lowest BCUT2D eigenvalue weighted by atomic mass is 10.2. The SMILES string of the molecule is CCn1nc(CNc2cnn(C)c2)c2ccccc21. The molecular formula is C14H17N5. The molecule has 3 rings (SSSR count). The third kappa shape index (κ3) is 2.19. The van der Waals surface area contributed by atoms with E-state index in [2.05, 4.69) is 46.7 Å². The van der Waals surface area contributed by atoms with Gasteiger partial charge in [0.05, 0.1) is 29.6 Å². The van der Waals surface area contributed by atoms with Gasteiger partial charge >= 0.3 is 0 Å². The van der Waals surface area contributed by atoms with E-state index in [0.29, 0.717) is 6.54 Å². The topological polar surface area (TPSA) is 47.7 Å². The molecule has 2 aromatic heterocycles. The summed E-state index contributed by atoms with van der Waals surface area (Å²) in [7, 11) is 1.91. The van der Waals surface area contributed by atoms with E-state index in [0.717, 1.165) is 17.9 Å². The quantitative estimate of drug-likeness (QED) is 0.778. The molecule has 0 unspecified atom stereocenters. The lowest BCUT2D eigenvalue weighted by Gasteiger charge is -2.00. The number of hydrogen-bond donors (Lipinski definition) is 1. The number of nitrogens with one attached hydrogen (secondary N) is 1. The number of aryl methyl sites for hydroxylation is 2. The smallest absolute Gasteiger partial charge is 0.0894 e. The van der Waals surface area contributed by atoms with E-state index in [1.54, 1.807) is 4.68 Å². The molecule has 0 radical (unpaired) electrons. The maximum absolute atomic E-state index is 4.66. The van der Waals surface area contributed by atoms with Gasteiger partial charge in [-0.05, 0) is 13.0 Å². The summed E-state index contributed by atoms with van der Waals surface area (Å²) in [6, 6.07) is 8.33. The Hall–Kier alpha value is -2.30. The third-order valence-corrected chi connectivity index (χ3v) is 3.20. The summed E-state index contributed by atoms with van der Waals surface area (Å²) in [5.41, 5.74) is 3.27. The first-order chi connectivity index (χ1) is 9.28. The number of anilines is 1. The summed E-state index contributed by atoms with van der Waals surface area (Å²) in [5, 5.41) is 13.4. The van der Waals surface area contributed by atoms with Gasteiger partial charge in [0.15, 0.2) is 0 Å². The van der Waals surface area contributed by atoms with Crippen molar-refractivity contribution >= 4 is 16.6 Å². The Morgan fingerprint density at radius 1 is 1.26 bits per heavy atom. The third-order valence-electron chi connectivity index (χ3n) is 3.20. The molecule has 5 heteroatoms. The highest BCUT2D eigenvalue weighted by atomic mass is 15.3. The monoisotopic (exact) mass is 255 g/mol. The van der Waals surface area contributed by atoms with Gasteiger partial charge in [0.2, 0.25) is 0 Å². The number of hydrogen-bond acceptors (Lipinski definition) is 3. The van der Waals surface area contributed by atoms with Crippen molar-refractivity contribution in [3.05, 3.63) is 42.4 Å². The Labute approximate surface area is 111 Å². The fourth-order valence-corrected chi connectivity index (χ4v) is 2.27. The van der Waals surface area contributed by atoms with Crippen LogP contribution in [0.3, 0.4) is 0 Å². The summed E-state index contributed by atoms with van der Waals surface area (Å²) in [6.07, 6.45) is 3.78. The van der Waals surface area contributed by atoms with Crippen LogP contribution in [0.1, 0.15) is 12.6 Å². The minimum atomic E-state index is 0.708. The summed E-state index contributed by atoms with van der Waals surface area (Å²) in [4.78, 5) is 0. The standard InChI is InChI=1S/C14H17N5/c1-3-19-14-7-5-4-6-12(14)13(17-19)9-15-11-8-16-18(2)10-11/h4-8,10,15H,3,9H2,1-2H3. The van der Waals surface area contributed by atoms with Gasteiger partial charge in [-0.15, -0.1) is 0 Å². The highest BCUT2D eigenvalue weighted by Gasteiger charge is 2.08. The number of fused-ring (bicyclic) bond motifs is 1. The molecule has 0 aliphatic heterocycles. The molecule has 2 heterocycles. The van der Waals surface area contributed by atoms with Crippen molar-refractivity contribution in [1.29, 1.82) is 0 Å². The van der Waals surface area contributed by atoms with E-state index in [-0.39, 0.29) is 0 Å². The zero-order valence-corrected chi connectivity index (χ0v) is 11.2. The van der Waals surface area contributed by atoms with Crippen molar-refractivity contribution in [1.82, 2.24) is 19.6 Å². The van der Waals surface area contributed by atoms with Crippen molar-refractivity contribution in [2.75, 3.05) is 5.32 Å². The van der Waals surface area contributed by atoms with Gasteiger partial charge in [-0.3, -0.25) is 9.36 Å². The molecule has 19 heavy (non-hydrogen) atoms. The zero-order chi connectivity index (χ0) is 13.2. The zero-order valence-electron chi connectivity index (χ0n) is 11.2. The summed E-state index contributed by atoms with van der Waals surface area (Å²) in [5.74, 6) is 0. The number of para-hydroxylation sites is 1. The molecule has 0 atom stereocenters. The van der Waals surface area contributed by atoms with Crippen molar-refractivity contribution in [2.45, 2.75) is 20.0 Å². The molecule has 0 saturated heterocycles. The lowest BCUT2D eigenvalue weighted by molar-refractivity contribution is 0.671. The predicted molar refractivity (Wildman–Crippen MR) is 75.9 cm³/mol. The first-order valence-corrected chi connectivity index (χ1v) is 6.45. The van der Waals surface area contributed by atoms with Gasteiger partial charge in [0.1, 0.15) is 0 Å². The maximum atomic E-state index is 4.66. The van der Waals surface area contributed by atoms with E-state index in [1.165, 1.54) is 10.9 Å². The van der Waals surface area contributed by atoms with Crippen LogP contribution in [0, 0.1) is 0 Å². The molecule has 0 amide bonds. The van der Waals surface area contributed by atoms with Crippen molar-refractivity contribution in [3.63, 3.8) is 0 Å². The molecule has 0 saturated carbocycles. The summed E-state index contributed by atoms with van der Waals surface area (Å²) in [6.45, 7) is 3.70. The number of aromatic nitrogens is 4. The predicted octanol–water partition coefficient (Wildman–Crippen LogP) is 2.40. The molecule has 0 aliphatic rings. The Morgan fingerprint density at radius 2 is 2.11 bits per heavy atom. The van der Waals surface area contributed by atoms with Crippen molar-refractivity contribution in [2.24, 2.45) is 7.05 Å². The van der Waals surface area contributed by atoms with Crippen LogP contribution >= 0.6 is 0 Å². The Morgan fingerprint density at radius 3 is 2.84 bits per heavy atom. The second-order valence-corrected chi connectivity index (χ2v) is 4.54. The molecule has 0 aliphatic carbocycles. The number of rotatable bonds is 4. The summed E-state index contributed by atoms with van der Waals surface area (Å²) >= 11 is 0. The van der Waals surface area contributed by atoms with Crippen LogP contribution in [0.4, 0.5) is 5.69 Å².